The highest BCUT2D eigenvalue weighted by Gasteiger charge is 2.21. The van der Waals surface area contributed by atoms with Crippen LogP contribution >= 0.6 is 0 Å². The molecule has 1 saturated carbocycles. The molecule has 1 aliphatic carbocycles. The van der Waals surface area contributed by atoms with Gasteiger partial charge in [-0.3, -0.25) is 4.98 Å². The fourth-order valence-electron chi connectivity index (χ4n) is 2.10. The van der Waals surface area contributed by atoms with Crippen molar-refractivity contribution in [2.75, 3.05) is 11.1 Å². The van der Waals surface area contributed by atoms with E-state index >= 15 is 0 Å². The Balaban J connectivity index is 2.02. The molecule has 0 bridgehead atoms. The van der Waals surface area contributed by atoms with E-state index in [4.69, 9.17) is 5.73 Å². The van der Waals surface area contributed by atoms with Crippen molar-refractivity contribution >= 4 is 11.6 Å². The van der Waals surface area contributed by atoms with Crippen molar-refractivity contribution in [3.05, 3.63) is 12.4 Å². The summed E-state index contributed by atoms with van der Waals surface area (Å²) in [5.74, 6) is 1.04. The van der Waals surface area contributed by atoms with Gasteiger partial charge in [-0.2, -0.15) is 0 Å². The first-order chi connectivity index (χ1) is 7.75. The highest BCUT2D eigenvalue weighted by Crippen LogP contribution is 2.20. The highest BCUT2D eigenvalue weighted by atomic mass is 16.3. The van der Waals surface area contributed by atoms with Crippen molar-refractivity contribution in [3.8, 4) is 0 Å². The Kier molecular flexibility index (Phi) is 3.56. The molecule has 88 valence electrons. The van der Waals surface area contributed by atoms with Gasteiger partial charge in [0.15, 0.2) is 0 Å². The van der Waals surface area contributed by atoms with Crippen molar-refractivity contribution in [1.29, 1.82) is 0 Å². The summed E-state index contributed by atoms with van der Waals surface area (Å²) in [6.45, 7) is 0. The van der Waals surface area contributed by atoms with Crippen LogP contribution in [0.3, 0.4) is 0 Å². The molecule has 0 saturated heterocycles. The molecular weight excluding hydrogens is 204 g/mol. The van der Waals surface area contributed by atoms with Gasteiger partial charge in [0, 0.05) is 0 Å². The van der Waals surface area contributed by atoms with Crippen LogP contribution in [0.15, 0.2) is 12.4 Å². The van der Waals surface area contributed by atoms with E-state index in [1.165, 1.54) is 12.6 Å². The third-order valence-electron chi connectivity index (χ3n) is 2.97. The molecule has 0 aliphatic heterocycles. The zero-order chi connectivity index (χ0) is 11.4. The van der Waals surface area contributed by atoms with Gasteiger partial charge in [-0.25, -0.2) is 4.98 Å². The number of nitrogens with one attached hydrogen (secondary N) is 1. The van der Waals surface area contributed by atoms with Gasteiger partial charge in [0.05, 0.1) is 24.5 Å². The maximum Gasteiger partial charge on any atom is 0.147 e. The quantitative estimate of drug-likeness (QED) is 0.654. The topological polar surface area (TPSA) is 84.1 Å². The highest BCUT2D eigenvalue weighted by molar-refractivity contribution is 5.39. The molecule has 2 atom stereocenters. The summed E-state index contributed by atoms with van der Waals surface area (Å²) in [5.41, 5.74) is 5.55. The minimum Gasteiger partial charge on any atom is -0.391 e. The van der Waals surface area contributed by atoms with Gasteiger partial charge < -0.3 is 16.2 Å². The number of hydrogen-bond donors (Lipinski definition) is 3. The van der Waals surface area contributed by atoms with Gasteiger partial charge in [-0.05, 0) is 12.8 Å². The summed E-state index contributed by atoms with van der Waals surface area (Å²) in [7, 11) is 0. The maximum absolute atomic E-state index is 9.94. The Morgan fingerprint density at radius 3 is 2.88 bits per heavy atom. The van der Waals surface area contributed by atoms with Gasteiger partial charge in [0.1, 0.15) is 11.6 Å². The number of nitrogen functional groups attached to an aromatic ring is 1. The van der Waals surface area contributed by atoms with Crippen molar-refractivity contribution in [3.63, 3.8) is 0 Å². The lowest BCUT2D eigenvalue weighted by atomic mass is 10.1. The molecule has 5 heteroatoms. The van der Waals surface area contributed by atoms with E-state index in [0.717, 1.165) is 25.7 Å². The van der Waals surface area contributed by atoms with E-state index in [2.05, 4.69) is 15.3 Å². The predicted molar refractivity (Wildman–Crippen MR) is 62.9 cm³/mol. The second kappa shape index (κ2) is 5.12. The van der Waals surface area contributed by atoms with E-state index in [1.54, 1.807) is 6.20 Å². The lowest BCUT2D eigenvalue weighted by molar-refractivity contribution is 0.144. The van der Waals surface area contributed by atoms with Crippen LogP contribution in [0.4, 0.5) is 11.6 Å². The Labute approximate surface area is 95.1 Å². The number of aromatic nitrogens is 2. The van der Waals surface area contributed by atoms with E-state index in [-0.39, 0.29) is 12.1 Å². The molecule has 1 aliphatic rings. The van der Waals surface area contributed by atoms with Crippen LogP contribution in [0.1, 0.15) is 32.1 Å². The lowest BCUT2D eigenvalue weighted by Gasteiger charge is -2.22. The average Bonchev–Trinajstić information content (AvgIpc) is 2.45. The van der Waals surface area contributed by atoms with Crippen molar-refractivity contribution in [1.82, 2.24) is 9.97 Å². The number of aliphatic hydroxyl groups is 1. The minimum atomic E-state index is -0.300. The zero-order valence-electron chi connectivity index (χ0n) is 9.26. The summed E-state index contributed by atoms with van der Waals surface area (Å²) >= 11 is 0. The summed E-state index contributed by atoms with van der Waals surface area (Å²) < 4.78 is 0. The monoisotopic (exact) mass is 222 g/mol. The summed E-state index contributed by atoms with van der Waals surface area (Å²) in [6.07, 6.45) is 8.10. The minimum absolute atomic E-state index is 0.0681. The van der Waals surface area contributed by atoms with E-state index < -0.39 is 0 Å². The molecule has 0 spiro atoms. The maximum atomic E-state index is 9.94. The number of nitrogens with two attached hydrogens (primary N) is 1. The van der Waals surface area contributed by atoms with Crippen LogP contribution in [0.2, 0.25) is 0 Å². The number of aliphatic hydroxyl groups excluding tert-OH is 1. The van der Waals surface area contributed by atoms with Crippen molar-refractivity contribution in [2.45, 2.75) is 44.2 Å². The molecule has 1 fully saturated rings. The molecule has 2 unspecified atom stereocenters. The molecule has 0 radical (unpaired) electrons. The number of rotatable bonds is 2. The van der Waals surface area contributed by atoms with Crippen LogP contribution < -0.4 is 11.1 Å². The van der Waals surface area contributed by atoms with Crippen molar-refractivity contribution in [2.24, 2.45) is 0 Å². The zero-order valence-corrected chi connectivity index (χ0v) is 9.26. The van der Waals surface area contributed by atoms with Crippen LogP contribution in [-0.2, 0) is 0 Å². The van der Waals surface area contributed by atoms with E-state index in [0.29, 0.717) is 11.6 Å². The van der Waals surface area contributed by atoms with Gasteiger partial charge >= 0.3 is 0 Å². The van der Waals surface area contributed by atoms with E-state index in [9.17, 15) is 5.11 Å². The standard InChI is InChI=1S/C11H18N4O/c12-10-6-13-7-11(15-10)14-8-4-2-1-3-5-9(8)16/h6-9,16H,1-5H2,(H3,12,14,15). The Bertz CT molecular complexity index is 345. The number of nitrogens with zero attached hydrogens (tertiary/aromatic N) is 2. The summed E-state index contributed by atoms with van der Waals surface area (Å²) in [6, 6.07) is 0.0681. The Morgan fingerprint density at radius 1 is 1.25 bits per heavy atom. The number of anilines is 2. The molecule has 0 amide bonds. The normalized spacial score (nSPS) is 26.1. The first kappa shape index (κ1) is 11.1. The second-order valence-corrected chi connectivity index (χ2v) is 4.29. The van der Waals surface area contributed by atoms with Crippen LogP contribution in [0, 0.1) is 0 Å². The summed E-state index contributed by atoms with van der Waals surface area (Å²) in [5, 5.41) is 13.1. The molecule has 5 nitrogen and oxygen atoms in total. The molecule has 1 heterocycles. The molecule has 2 rings (SSSR count). The van der Waals surface area contributed by atoms with Gasteiger partial charge in [0.2, 0.25) is 0 Å². The molecular formula is C11H18N4O. The fraction of sp³-hybridized carbons (Fsp3) is 0.636. The average molecular weight is 222 g/mol. The second-order valence-electron chi connectivity index (χ2n) is 4.29. The van der Waals surface area contributed by atoms with Gasteiger partial charge in [-0.15, -0.1) is 0 Å². The van der Waals surface area contributed by atoms with E-state index in [1.807, 2.05) is 0 Å². The van der Waals surface area contributed by atoms with Crippen LogP contribution in [-0.4, -0.2) is 27.2 Å². The summed E-state index contributed by atoms with van der Waals surface area (Å²) in [4.78, 5) is 8.09. The van der Waals surface area contributed by atoms with Crippen LogP contribution in [0.25, 0.3) is 0 Å². The fourth-order valence-corrected chi connectivity index (χ4v) is 2.10. The first-order valence-corrected chi connectivity index (χ1v) is 5.78. The van der Waals surface area contributed by atoms with Gasteiger partial charge in [-0.1, -0.05) is 19.3 Å². The Morgan fingerprint density at radius 2 is 2.06 bits per heavy atom. The van der Waals surface area contributed by atoms with Gasteiger partial charge in [0.25, 0.3) is 0 Å². The molecule has 16 heavy (non-hydrogen) atoms. The largest absolute Gasteiger partial charge is 0.391 e. The predicted octanol–water partition coefficient (Wildman–Crippen LogP) is 1.16. The molecule has 0 aromatic carbocycles. The van der Waals surface area contributed by atoms with Crippen LogP contribution in [0.5, 0.6) is 0 Å². The smallest absolute Gasteiger partial charge is 0.147 e. The first-order valence-electron chi connectivity index (χ1n) is 5.78. The molecule has 1 aromatic heterocycles. The lowest BCUT2D eigenvalue weighted by Crippen LogP contribution is -2.32. The molecule has 1 aromatic rings. The number of hydrogen-bond acceptors (Lipinski definition) is 5. The Hall–Kier alpha value is -1.36. The third kappa shape index (κ3) is 2.82. The third-order valence-corrected chi connectivity index (χ3v) is 2.97. The molecule has 4 N–H and O–H groups in total. The van der Waals surface area contributed by atoms with Crippen molar-refractivity contribution < 1.29 is 5.11 Å². The SMILES string of the molecule is Nc1cncc(NC2CCCCCC2O)n1.